The molecule has 0 unspecified atom stereocenters. The Kier molecular flexibility index (Phi) is 4.60. The van der Waals surface area contributed by atoms with E-state index in [2.05, 4.69) is 9.97 Å². The Hall–Kier alpha value is -3.55. The SMILES string of the molecule is CN(C)c1nc(-c2ccncc2)nc2c1CCN(C(=O)c1ccc(=O)[nH]c1)C2. The van der Waals surface area contributed by atoms with E-state index in [0.717, 1.165) is 22.6 Å². The molecule has 0 fully saturated rings. The topological polar surface area (TPSA) is 95.1 Å². The van der Waals surface area contributed by atoms with E-state index in [4.69, 9.17) is 9.97 Å². The number of carbonyl (C=O) groups excluding carboxylic acids is 1. The summed E-state index contributed by atoms with van der Waals surface area (Å²) >= 11 is 0. The van der Waals surface area contributed by atoms with Crippen molar-refractivity contribution in [3.63, 3.8) is 0 Å². The number of hydrogen-bond acceptors (Lipinski definition) is 6. The fourth-order valence-electron chi connectivity index (χ4n) is 3.31. The summed E-state index contributed by atoms with van der Waals surface area (Å²) in [6.07, 6.45) is 5.54. The molecule has 142 valence electrons. The van der Waals surface area contributed by atoms with E-state index in [1.54, 1.807) is 23.4 Å². The molecule has 28 heavy (non-hydrogen) atoms. The molecule has 1 aliphatic rings. The monoisotopic (exact) mass is 376 g/mol. The van der Waals surface area contributed by atoms with Crippen LogP contribution in [-0.2, 0) is 13.0 Å². The Morgan fingerprint density at radius 3 is 2.61 bits per heavy atom. The number of nitrogens with zero attached hydrogens (tertiary/aromatic N) is 5. The lowest BCUT2D eigenvalue weighted by Crippen LogP contribution is -2.37. The third-order valence-corrected chi connectivity index (χ3v) is 4.72. The van der Waals surface area contributed by atoms with Gasteiger partial charge < -0.3 is 14.8 Å². The zero-order valence-electron chi connectivity index (χ0n) is 15.7. The highest BCUT2D eigenvalue weighted by atomic mass is 16.2. The highest BCUT2D eigenvalue weighted by Crippen LogP contribution is 2.28. The lowest BCUT2D eigenvalue weighted by molar-refractivity contribution is 0.0731. The Morgan fingerprint density at radius 1 is 1.14 bits per heavy atom. The number of fused-ring (bicyclic) bond motifs is 1. The number of aromatic amines is 1. The number of carbonyl (C=O) groups is 1. The second-order valence-electron chi connectivity index (χ2n) is 6.84. The molecule has 3 aromatic rings. The van der Waals surface area contributed by atoms with Crippen molar-refractivity contribution in [1.82, 2.24) is 24.8 Å². The molecule has 0 spiro atoms. The van der Waals surface area contributed by atoms with Crippen molar-refractivity contribution >= 4 is 11.7 Å². The first-order valence-corrected chi connectivity index (χ1v) is 8.98. The van der Waals surface area contributed by atoms with E-state index in [0.29, 0.717) is 30.9 Å². The van der Waals surface area contributed by atoms with Crippen molar-refractivity contribution in [1.29, 1.82) is 0 Å². The van der Waals surface area contributed by atoms with Crippen molar-refractivity contribution in [3.05, 3.63) is 70.0 Å². The highest BCUT2D eigenvalue weighted by molar-refractivity contribution is 5.94. The van der Waals surface area contributed by atoms with E-state index >= 15 is 0 Å². The van der Waals surface area contributed by atoms with Crippen LogP contribution >= 0.6 is 0 Å². The fourth-order valence-corrected chi connectivity index (χ4v) is 3.31. The summed E-state index contributed by atoms with van der Waals surface area (Å²) in [5.41, 5.74) is 3.01. The molecule has 0 saturated carbocycles. The van der Waals surface area contributed by atoms with Crippen LogP contribution < -0.4 is 10.5 Å². The summed E-state index contributed by atoms with van der Waals surface area (Å²) in [4.78, 5) is 43.9. The minimum Gasteiger partial charge on any atom is -0.362 e. The summed E-state index contributed by atoms with van der Waals surface area (Å²) in [6.45, 7) is 0.971. The summed E-state index contributed by atoms with van der Waals surface area (Å²) in [5, 5.41) is 0. The van der Waals surface area contributed by atoms with Crippen LogP contribution in [0.25, 0.3) is 11.4 Å². The van der Waals surface area contributed by atoms with Gasteiger partial charge in [-0.1, -0.05) is 0 Å². The van der Waals surface area contributed by atoms with E-state index in [9.17, 15) is 9.59 Å². The molecule has 0 atom stereocenters. The van der Waals surface area contributed by atoms with Gasteiger partial charge in [-0.15, -0.1) is 0 Å². The molecular formula is C20H20N6O2. The van der Waals surface area contributed by atoms with Crippen molar-refractivity contribution < 1.29 is 4.79 Å². The van der Waals surface area contributed by atoms with Crippen LogP contribution in [0.4, 0.5) is 5.82 Å². The van der Waals surface area contributed by atoms with Gasteiger partial charge in [0.15, 0.2) is 5.82 Å². The normalized spacial score (nSPS) is 13.1. The molecule has 3 aromatic heterocycles. The number of H-pyrrole nitrogens is 1. The first-order chi connectivity index (χ1) is 13.5. The zero-order chi connectivity index (χ0) is 19.7. The van der Waals surface area contributed by atoms with E-state index in [-0.39, 0.29) is 11.5 Å². The van der Waals surface area contributed by atoms with Crippen LogP contribution in [0, 0.1) is 0 Å². The van der Waals surface area contributed by atoms with Crippen LogP contribution in [0.3, 0.4) is 0 Å². The summed E-state index contributed by atoms with van der Waals surface area (Å²) < 4.78 is 0. The van der Waals surface area contributed by atoms with Gasteiger partial charge in [-0.05, 0) is 24.6 Å². The fraction of sp³-hybridized carbons (Fsp3) is 0.250. The van der Waals surface area contributed by atoms with E-state index < -0.39 is 0 Å². The van der Waals surface area contributed by atoms with E-state index in [1.807, 2.05) is 31.1 Å². The lowest BCUT2D eigenvalue weighted by Gasteiger charge is -2.30. The third-order valence-electron chi connectivity index (χ3n) is 4.72. The third kappa shape index (κ3) is 3.36. The molecule has 4 heterocycles. The predicted octanol–water partition coefficient (Wildman–Crippen LogP) is 1.49. The van der Waals surface area contributed by atoms with Crippen LogP contribution in [0.15, 0.2) is 47.7 Å². The van der Waals surface area contributed by atoms with Crippen LogP contribution in [0.2, 0.25) is 0 Å². The maximum Gasteiger partial charge on any atom is 0.255 e. The molecule has 1 amide bonds. The molecule has 0 aliphatic carbocycles. The number of aromatic nitrogens is 4. The van der Waals surface area contributed by atoms with Gasteiger partial charge in [-0.2, -0.15) is 0 Å². The molecule has 0 radical (unpaired) electrons. The van der Waals surface area contributed by atoms with Gasteiger partial charge in [0.05, 0.1) is 17.8 Å². The smallest absolute Gasteiger partial charge is 0.255 e. The second kappa shape index (κ2) is 7.22. The van der Waals surface area contributed by atoms with Crippen molar-refractivity contribution in [2.24, 2.45) is 0 Å². The van der Waals surface area contributed by atoms with Gasteiger partial charge in [0.25, 0.3) is 5.91 Å². The minimum absolute atomic E-state index is 0.127. The van der Waals surface area contributed by atoms with Crippen molar-refractivity contribution in [2.75, 3.05) is 25.5 Å². The molecule has 8 heteroatoms. The largest absolute Gasteiger partial charge is 0.362 e. The zero-order valence-corrected chi connectivity index (χ0v) is 15.7. The number of pyridine rings is 2. The predicted molar refractivity (Wildman–Crippen MR) is 105 cm³/mol. The summed E-state index contributed by atoms with van der Waals surface area (Å²) in [6, 6.07) is 6.64. The Balaban J connectivity index is 1.70. The number of rotatable bonds is 3. The minimum atomic E-state index is -0.231. The van der Waals surface area contributed by atoms with Gasteiger partial charge in [0.1, 0.15) is 5.82 Å². The van der Waals surface area contributed by atoms with Gasteiger partial charge >= 0.3 is 0 Å². The highest BCUT2D eigenvalue weighted by Gasteiger charge is 2.27. The average Bonchev–Trinajstić information content (AvgIpc) is 2.73. The molecular weight excluding hydrogens is 356 g/mol. The van der Waals surface area contributed by atoms with Gasteiger partial charge in [0, 0.05) is 56.4 Å². The molecule has 8 nitrogen and oxygen atoms in total. The van der Waals surface area contributed by atoms with Crippen molar-refractivity contribution in [2.45, 2.75) is 13.0 Å². The Bertz CT molecular complexity index is 1060. The van der Waals surface area contributed by atoms with Crippen molar-refractivity contribution in [3.8, 4) is 11.4 Å². The van der Waals surface area contributed by atoms with Crippen LogP contribution in [0.5, 0.6) is 0 Å². The van der Waals surface area contributed by atoms with Gasteiger partial charge in [-0.25, -0.2) is 9.97 Å². The second-order valence-corrected chi connectivity index (χ2v) is 6.84. The van der Waals surface area contributed by atoms with Crippen LogP contribution in [-0.4, -0.2) is 51.4 Å². The van der Waals surface area contributed by atoms with Gasteiger partial charge in [-0.3, -0.25) is 14.6 Å². The summed E-state index contributed by atoms with van der Waals surface area (Å²) in [7, 11) is 3.91. The molecule has 1 N–H and O–H groups in total. The van der Waals surface area contributed by atoms with Crippen LogP contribution in [0.1, 0.15) is 21.6 Å². The maximum atomic E-state index is 12.8. The Morgan fingerprint density at radius 2 is 1.93 bits per heavy atom. The first-order valence-electron chi connectivity index (χ1n) is 8.98. The molecule has 0 bridgehead atoms. The molecule has 4 rings (SSSR count). The number of nitrogens with one attached hydrogen (secondary N) is 1. The standard InChI is InChI=1S/C20H20N6O2/c1-25(2)19-15-7-10-26(20(28)14-3-4-17(27)22-11-14)12-16(15)23-18(24-19)13-5-8-21-9-6-13/h3-6,8-9,11H,7,10,12H2,1-2H3,(H,22,27). The number of anilines is 1. The molecule has 0 saturated heterocycles. The lowest BCUT2D eigenvalue weighted by atomic mass is 10.0. The molecule has 1 aliphatic heterocycles. The van der Waals surface area contributed by atoms with Gasteiger partial charge in [0.2, 0.25) is 5.56 Å². The average molecular weight is 376 g/mol. The Labute approximate surface area is 161 Å². The maximum absolute atomic E-state index is 12.8. The quantitative estimate of drug-likeness (QED) is 0.744. The summed E-state index contributed by atoms with van der Waals surface area (Å²) in [5.74, 6) is 1.36. The number of hydrogen-bond donors (Lipinski definition) is 1. The molecule has 0 aromatic carbocycles. The first kappa shape index (κ1) is 17.8. The van der Waals surface area contributed by atoms with E-state index in [1.165, 1.54) is 12.3 Å². The number of amides is 1.